The van der Waals surface area contributed by atoms with Crippen LogP contribution in [0.25, 0.3) is 10.8 Å². The lowest BCUT2D eigenvalue weighted by Gasteiger charge is -2.15. The van der Waals surface area contributed by atoms with Crippen molar-refractivity contribution < 1.29 is 13.9 Å². The van der Waals surface area contributed by atoms with Gasteiger partial charge in [-0.05, 0) is 60.4 Å². The lowest BCUT2D eigenvalue weighted by Crippen LogP contribution is -2.36. The van der Waals surface area contributed by atoms with Crippen molar-refractivity contribution in [3.63, 3.8) is 0 Å². The van der Waals surface area contributed by atoms with Crippen LogP contribution >= 0.6 is 0 Å². The summed E-state index contributed by atoms with van der Waals surface area (Å²) >= 11 is 0. The Balaban J connectivity index is 1.45. The van der Waals surface area contributed by atoms with Gasteiger partial charge in [-0.15, -0.1) is 0 Å². The second kappa shape index (κ2) is 8.48. The number of fused-ring (bicyclic) bond motifs is 1. The molecule has 1 amide bonds. The third-order valence-electron chi connectivity index (χ3n) is 4.26. The second-order valence-corrected chi connectivity index (χ2v) is 6.29. The molecule has 0 fully saturated rings. The quantitative estimate of drug-likeness (QED) is 0.637. The largest absolute Gasteiger partial charge is 0.481 e. The zero-order chi connectivity index (χ0) is 18.4. The van der Waals surface area contributed by atoms with Crippen LogP contribution in [0.2, 0.25) is 0 Å². The molecule has 3 aromatic carbocycles. The molecule has 0 saturated carbocycles. The van der Waals surface area contributed by atoms with Crippen molar-refractivity contribution in [2.75, 3.05) is 6.54 Å². The van der Waals surface area contributed by atoms with E-state index in [0.717, 1.165) is 29.2 Å². The molecule has 0 aliphatic rings. The Morgan fingerprint density at radius 1 is 1.04 bits per heavy atom. The number of ether oxygens (including phenoxy) is 1. The number of carbonyl (C=O) groups excluding carboxylic acids is 1. The highest BCUT2D eigenvalue weighted by molar-refractivity contribution is 5.84. The number of aryl methyl sites for hydroxylation is 1. The van der Waals surface area contributed by atoms with Crippen LogP contribution in [0, 0.1) is 5.82 Å². The Kier molecular flexibility index (Phi) is 5.84. The van der Waals surface area contributed by atoms with Gasteiger partial charge in [-0.3, -0.25) is 4.79 Å². The first-order chi connectivity index (χ1) is 12.6. The molecule has 0 bridgehead atoms. The number of amides is 1. The van der Waals surface area contributed by atoms with Gasteiger partial charge in [-0.1, -0.05) is 42.5 Å². The van der Waals surface area contributed by atoms with Crippen molar-refractivity contribution in [3.05, 3.63) is 78.1 Å². The van der Waals surface area contributed by atoms with Gasteiger partial charge >= 0.3 is 0 Å². The first-order valence-electron chi connectivity index (χ1n) is 8.79. The molecule has 0 spiro atoms. The first-order valence-corrected chi connectivity index (χ1v) is 8.79. The van der Waals surface area contributed by atoms with E-state index in [0.29, 0.717) is 12.3 Å². The number of rotatable bonds is 7. The van der Waals surface area contributed by atoms with Gasteiger partial charge in [-0.2, -0.15) is 0 Å². The summed E-state index contributed by atoms with van der Waals surface area (Å²) in [5.74, 6) is 0.302. The minimum atomic E-state index is -0.568. The smallest absolute Gasteiger partial charge is 0.260 e. The molecule has 134 valence electrons. The molecule has 0 aliphatic carbocycles. The summed E-state index contributed by atoms with van der Waals surface area (Å²) in [4.78, 5) is 12.2. The van der Waals surface area contributed by atoms with Crippen molar-refractivity contribution in [1.29, 1.82) is 0 Å². The molecule has 0 heterocycles. The van der Waals surface area contributed by atoms with Gasteiger partial charge in [0.1, 0.15) is 11.6 Å². The molecule has 4 heteroatoms. The number of hydrogen-bond acceptors (Lipinski definition) is 2. The van der Waals surface area contributed by atoms with Crippen LogP contribution in [0.5, 0.6) is 5.75 Å². The van der Waals surface area contributed by atoms with Crippen molar-refractivity contribution in [1.82, 2.24) is 5.32 Å². The normalized spacial score (nSPS) is 11.9. The zero-order valence-electron chi connectivity index (χ0n) is 14.7. The van der Waals surface area contributed by atoms with E-state index < -0.39 is 6.10 Å². The molecule has 1 atom stereocenters. The molecule has 3 rings (SSSR count). The Bertz CT molecular complexity index is 877. The molecular formula is C22H22FNO2. The number of carbonyl (C=O) groups is 1. The van der Waals surface area contributed by atoms with Crippen LogP contribution in [0.3, 0.4) is 0 Å². The third-order valence-corrected chi connectivity index (χ3v) is 4.26. The summed E-state index contributed by atoms with van der Waals surface area (Å²) in [5, 5.41) is 5.10. The highest BCUT2D eigenvalue weighted by Crippen LogP contribution is 2.21. The van der Waals surface area contributed by atoms with Crippen molar-refractivity contribution in [2.45, 2.75) is 25.9 Å². The SMILES string of the molecule is C[C@H](Oc1ccc2ccccc2c1)C(=O)NCCCc1ccc(F)cc1. The maximum Gasteiger partial charge on any atom is 0.260 e. The van der Waals surface area contributed by atoms with Crippen LogP contribution in [0.4, 0.5) is 4.39 Å². The maximum atomic E-state index is 12.9. The highest BCUT2D eigenvalue weighted by atomic mass is 19.1. The van der Waals surface area contributed by atoms with E-state index in [1.165, 1.54) is 12.1 Å². The average Bonchev–Trinajstić information content (AvgIpc) is 2.66. The topological polar surface area (TPSA) is 38.3 Å². The summed E-state index contributed by atoms with van der Waals surface area (Å²) in [6.07, 6.45) is 1.02. The number of nitrogens with one attached hydrogen (secondary N) is 1. The summed E-state index contributed by atoms with van der Waals surface area (Å²) in [5.41, 5.74) is 1.06. The molecule has 0 radical (unpaired) electrons. The second-order valence-electron chi connectivity index (χ2n) is 6.29. The van der Waals surface area contributed by atoms with Gasteiger partial charge in [0.2, 0.25) is 0 Å². The fourth-order valence-corrected chi connectivity index (χ4v) is 2.80. The maximum absolute atomic E-state index is 12.9. The van der Waals surface area contributed by atoms with Gasteiger partial charge < -0.3 is 10.1 Å². The fraction of sp³-hybridized carbons (Fsp3) is 0.227. The van der Waals surface area contributed by atoms with E-state index in [1.807, 2.05) is 42.5 Å². The standard InChI is InChI=1S/C22H22FNO2/c1-16(26-21-13-10-18-6-2-3-7-19(18)15-21)22(25)24-14-4-5-17-8-11-20(23)12-9-17/h2-3,6-13,15-16H,4-5,14H2,1H3,(H,24,25)/t16-/m0/s1. The molecule has 0 aromatic heterocycles. The van der Waals surface area contributed by atoms with Gasteiger partial charge in [0, 0.05) is 6.54 Å². The van der Waals surface area contributed by atoms with Gasteiger partial charge in [-0.25, -0.2) is 4.39 Å². The average molecular weight is 351 g/mol. The molecular weight excluding hydrogens is 329 g/mol. The Morgan fingerprint density at radius 2 is 1.77 bits per heavy atom. The van der Waals surface area contributed by atoms with Crippen molar-refractivity contribution in [3.8, 4) is 5.75 Å². The van der Waals surface area contributed by atoms with Crippen LogP contribution in [-0.2, 0) is 11.2 Å². The fourth-order valence-electron chi connectivity index (χ4n) is 2.80. The summed E-state index contributed by atoms with van der Waals surface area (Å²) in [6, 6.07) is 20.3. The van der Waals surface area contributed by atoms with Crippen molar-refractivity contribution >= 4 is 16.7 Å². The summed E-state index contributed by atoms with van der Waals surface area (Å²) < 4.78 is 18.6. The van der Waals surface area contributed by atoms with Crippen LogP contribution < -0.4 is 10.1 Å². The van der Waals surface area contributed by atoms with Gasteiger partial charge in [0.25, 0.3) is 5.91 Å². The van der Waals surface area contributed by atoms with E-state index in [-0.39, 0.29) is 11.7 Å². The molecule has 0 aliphatic heterocycles. The van der Waals surface area contributed by atoms with E-state index in [4.69, 9.17) is 4.74 Å². The monoisotopic (exact) mass is 351 g/mol. The molecule has 26 heavy (non-hydrogen) atoms. The summed E-state index contributed by atoms with van der Waals surface area (Å²) in [6.45, 7) is 2.30. The van der Waals surface area contributed by atoms with E-state index in [2.05, 4.69) is 5.32 Å². The number of benzene rings is 3. The molecule has 1 N–H and O–H groups in total. The first kappa shape index (κ1) is 17.9. The minimum absolute atomic E-state index is 0.141. The molecule has 3 aromatic rings. The minimum Gasteiger partial charge on any atom is -0.481 e. The number of hydrogen-bond donors (Lipinski definition) is 1. The number of halogens is 1. The predicted octanol–water partition coefficient (Wildman–Crippen LogP) is 4.50. The predicted molar refractivity (Wildman–Crippen MR) is 102 cm³/mol. The van der Waals surface area contributed by atoms with E-state index in [1.54, 1.807) is 19.1 Å². The Morgan fingerprint density at radius 3 is 2.54 bits per heavy atom. The van der Waals surface area contributed by atoms with Crippen molar-refractivity contribution in [2.24, 2.45) is 0 Å². The van der Waals surface area contributed by atoms with Crippen LogP contribution in [0.15, 0.2) is 66.7 Å². The molecule has 3 nitrogen and oxygen atoms in total. The Hall–Kier alpha value is -2.88. The zero-order valence-corrected chi connectivity index (χ0v) is 14.7. The summed E-state index contributed by atoms with van der Waals surface area (Å²) in [7, 11) is 0. The third kappa shape index (κ3) is 4.82. The lowest BCUT2D eigenvalue weighted by molar-refractivity contribution is -0.127. The highest BCUT2D eigenvalue weighted by Gasteiger charge is 2.14. The van der Waals surface area contributed by atoms with E-state index in [9.17, 15) is 9.18 Å². The van der Waals surface area contributed by atoms with Crippen LogP contribution in [0.1, 0.15) is 18.9 Å². The lowest BCUT2D eigenvalue weighted by atomic mass is 10.1. The molecule has 0 saturated heterocycles. The Labute approximate surface area is 152 Å². The molecule has 0 unspecified atom stereocenters. The van der Waals surface area contributed by atoms with Gasteiger partial charge in [0.15, 0.2) is 6.10 Å². The van der Waals surface area contributed by atoms with Gasteiger partial charge in [0.05, 0.1) is 0 Å². The van der Waals surface area contributed by atoms with Crippen LogP contribution in [-0.4, -0.2) is 18.6 Å². The van der Waals surface area contributed by atoms with E-state index >= 15 is 0 Å².